The Balaban J connectivity index is 1.34. The maximum Gasteiger partial charge on any atom is 0.363 e. The highest BCUT2D eigenvalue weighted by Crippen LogP contribution is 2.32. The normalized spacial score (nSPS) is 14.0. The SMILES string of the molecule is O=C1OC(c2ccc(-c3ccccc3)cc2)=N/C1=C\c1cc(I)c(OCc2ccccc2I)c(I)c1. The largest absolute Gasteiger partial charge is 0.487 e. The highest BCUT2D eigenvalue weighted by atomic mass is 127. The quantitative estimate of drug-likeness (QED) is 0.113. The predicted octanol–water partition coefficient (Wildman–Crippen LogP) is 8.09. The van der Waals surface area contributed by atoms with Crippen LogP contribution in [0.15, 0.2) is 102 Å². The number of aliphatic imine (C=N–C) groups is 1. The molecule has 7 heteroatoms. The van der Waals surface area contributed by atoms with Crippen molar-refractivity contribution < 1.29 is 14.3 Å². The molecule has 178 valence electrons. The highest BCUT2D eigenvalue weighted by Gasteiger charge is 2.24. The van der Waals surface area contributed by atoms with Crippen LogP contribution in [0.25, 0.3) is 17.2 Å². The molecule has 0 saturated carbocycles. The molecule has 5 rings (SSSR count). The summed E-state index contributed by atoms with van der Waals surface area (Å²) in [6.07, 6.45) is 1.75. The van der Waals surface area contributed by atoms with Crippen LogP contribution in [0.1, 0.15) is 16.7 Å². The molecule has 0 bridgehead atoms. The molecule has 0 spiro atoms. The second-order valence-corrected chi connectivity index (χ2v) is 11.5. The van der Waals surface area contributed by atoms with Crippen molar-refractivity contribution in [2.75, 3.05) is 0 Å². The molecule has 1 heterocycles. The first-order valence-corrected chi connectivity index (χ1v) is 14.3. The van der Waals surface area contributed by atoms with E-state index >= 15 is 0 Å². The fraction of sp³-hybridized carbons (Fsp3) is 0.0345. The summed E-state index contributed by atoms with van der Waals surface area (Å²) in [6.45, 7) is 0.495. The summed E-state index contributed by atoms with van der Waals surface area (Å²) < 4.78 is 14.7. The number of nitrogens with zero attached hydrogens (tertiary/aromatic N) is 1. The Morgan fingerprint density at radius 2 is 1.36 bits per heavy atom. The van der Waals surface area contributed by atoms with Crippen molar-refractivity contribution in [1.29, 1.82) is 0 Å². The number of hydrogen-bond acceptors (Lipinski definition) is 4. The van der Waals surface area contributed by atoms with E-state index in [0.717, 1.165) is 40.7 Å². The monoisotopic (exact) mass is 809 g/mol. The van der Waals surface area contributed by atoms with Crippen molar-refractivity contribution in [3.63, 3.8) is 0 Å². The van der Waals surface area contributed by atoms with Crippen LogP contribution in [0.5, 0.6) is 5.75 Å². The van der Waals surface area contributed by atoms with Gasteiger partial charge in [0.15, 0.2) is 5.70 Å². The fourth-order valence-electron chi connectivity index (χ4n) is 3.69. The van der Waals surface area contributed by atoms with E-state index in [1.165, 1.54) is 3.57 Å². The number of carbonyl (C=O) groups excluding carboxylic acids is 1. The fourth-order valence-corrected chi connectivity index (χ4v) is 6.36. The van der Waals surface area contributed by atoms with Crippen molar-refractivity contribution >= 4 is 85.7 Å². The Hall–Kier alpha value is -2.25. The van der Waals surface area contributed by atoms with Crippen LogP contribution in [0.3, 0.4) is 0 Å². The first-order valence-electron chi connectivity index (χ1n) is 11.0. The zero-order valence-corrected chi connectivity index (χ0v) is 25.2. The number of hydrogen-bond donors (Lipinski definition) is 0. The van der Waals surface area contributed by atoms with Gasteiger partial charge in [-0.1, -0.05) is 60.7 Å². The summed E-state index contributed by atoms with van der Waals surface area (Å²) in [7, 11) is 0. The Morgan fingerprint density at radius 1 is 0.750 bits per heavy atom. The topological polar surface area (TPSA) is 47.9 Å². The zero-order chi connectivity index (χ0) is 25.1. The van der Waals surface area contributed by atoms with Gasteiger partial charge in [0.2, 0.25) is 5.90 Å². The Morgan fingerprint density at radius 3 is 2.06 bits per heavy atom. The van der Waals surface area contributed by atoms with Gasteiger partial charge in [0, 0.05) is 14.7 Å². The first-order chi connectivity index (χ1) is 17.5. The molecule has 1 aliphatic rings. The number of halogens is 3. The number of benzene rings is 4. The third-order valence-corrected chi connectivity index (χ3v) is 8.17. The maximum absolute atomic E-state index is 12.5. The molecule has 0 aromatic heterocycles. The second kappa shape index (κ2) is 11.4. The van der Waals surface area contributed by atoms with Gasteiger partial charge in [-0.3, -0.25) is 0 Å². The number of cyclic esters (lactones) is 1. The van der Waals surface area contributed by atoms with Gasteiger partial charge in [0.05, 0.1) is 7.14 Å². The van der Waals surface area contributed by atoms with Crippen LogP contribution in [-0.2, 0) is 16.1 Å². The van der Waals surface area contributed by atoms with Gasteiger partial charge in [0.25, 0.3) is 0 Å². The van der Waals surface area contributed by atoms with Crippen molar-refractivity contribution in [3.8, 4) is 16.9 Å². The van der Waals surface area contributed by atoms with Crippen LogP contribution in [0.4, 0.5) is 0 Å². The van der Waals surface area contributed by atoms with Gasteiger partial charge in [-0.15, -0.1) is 0 Å². The maximum atomic E-state index is 12.5. The van der Waals surface area contributed by atoms with E-state index in [4.69, 9.17) is 9.47 Å². The van der Waals surface area contributed by atoms with Crippen molar-refractivity contribution in [1.82, 2.24) is 0 Å². The van der Waals surface area contributed by atoms with Crippen LogP contribution in [0.2, 0.25) is 0 Å². The summed E-state index contributed by atoms with van der Waals surface area (Å²) in [6, 6.07) is 30.1. The minimum Gasteiger partial charge on any atom is -0.487 e. The van der Waals surface area contributed by atoms with Crippen LogP contribution in [-0.4, -0.2) is 11.9 Å². The molecule has 0 radical (unpaired) electrons. The molecular weight excluding hydrogens is 791 g/mol. The van der Waals surface area contributed by atoms with E-state index in [2.05, 4.69) is 97.0 Å². The van der Waals surface area contributed by atoms with Gasteiger partial charge in [-0.25, -0.2) is 9.79 Å². The Bertz CT molecular complexity index is 1470. The van der Waals surface area contributed by atoms with Crippen molar-refractivity contribution in [2.45, 2.75) is 6.61 Å². The summed E-state index contributed by atoms with van der Waals surface area (Å²) in [5.41, 5.74) is 5.26. The highest BCUT2D eigenvalue weighted by molar-refractivity contribution is 14.1. The number of ether oxygens (including phenoxy) is 2. The third-order valence-electron chi connectivity index (χ3n) is 5.51. The lowest BCUT2D eigenvalue weighted by Crippen LogP contribution is -2.05. The van der Waals surface area contributed by atoms with E-state index in [-0.39, 0.29) is 5.70 Å². The van der Waals surface area contributed by atoms with E-state index in [1.807, 2.05) is 66.7 Å². The lowest BCUT2D eigenvalue weighted by molar-refractivity contribution is -0.129. The van der Waals surface area contributed by atoms with Crippen LogP contribution >= 0.6 is 67.8 Å². The molecule has 0 atom stereocenters. The summed E-state index contributed by atoms with van der Waals surface area (Å²) in [4.78, 5) is 17.0. The molecule has 0 amide bonds. The molecule has 1 aliphatic heterocycles. The second-order valence-electron chi connectivity index (χ2n) is 7.97. The van der Waals surface area contributed by atoms with Gasteiger partial charge >= 0.3 is 5.97 Å². The van der Waals surface area contributed by atoms with Crippen molar-refractivity contribution in [2.24, 2.45) is 4.99 Å². The molecule has 0 unspecified atom stereocenters. The number of esters is 1. The molecule has 0 saturated heterocycles. The molecule has 0 aliphatic carbocycles. The van der Waals surface area contributed by atoms with Gasteiger partial charge in [0.1, 0.15) is 12.4 Å². The van der Waals surface area contributed by atoms with E-state index < -0.39 is 5.97 Å². The molecule has 0 N–H and O–H groups in total. The molecule has 0 fully saturated rings. The zero-order valence-electron chi connectivity index (χ0n) is 18.8. The number of carbonyl (C=O) groups is 1. The first kappa shape index (κ1) is 25.4. The predicted molar refractivity (Wildman–Crippen MR) is 168 cm³/mol. The standard InChI is InChI=1S/C29H18I3NO3/c30-23-9-5-4-8-22(23)17-35-27-24(31)14-18(15-25(27)32)16-26-29(34)36-28(33-26)21-12-10-20(11-13-21)19-6-2-1-3-7-19/h1-16H,17H2/b26-16-. The lowest BCUT2D eigenvalue weighted by atomic mass is 10.0. The van der Waals surface area contributed by atoms with Crippen molar-refractivity contribution in [3.05, 3.63) is 124 Å². The minimum absolute atomic E-state index is 0.274. The average molecular weight is 809 g/mol. The van der Waals surface area contributed by atoms with Gasteiger partial charge in [-0.05, 0) is 121 Å². The third kappa shape index (κ3) is 5.83. The number of rotatable bonds is 6. The lowest BCUT2D eigenvalue weighted by Gasteiger charge is -2.12. The van der Waals surface area contributed by atoms with Crippen LogP contribution in [0, 0.1) is 10.7 Å². The van der Waals surface area contributed by atoms with E-state index in [0.29, 0.717) is 12.5 Å². The molecular formula is C29H18I3NO3. The van der Waals surface area contributed by atoms with Gasteiger partial charge in [-0.2, -0.15) is 0 Å². The molecule has 4 aromatic rings. The molecule has 4 nitrogen and oxygen atoms in total. The Labute approximate surface area is 250 Å². The van der Waals surface area contributed by atoms with Crippen LogP contribution < -0.4 is 4.74 Å². The summed E-state index contributed by atoms with van der Waals surface area (Å²) in [5, 5.41) is 0. The van der Waals surface area contributed by atoms with E-state index in [9.17, 15) is 4.79 Å². The molecule has 36 heavy (non-hydrogen) atoms. The minimum atomic E-state index is -0.457. The summed E-state index contributed by atoms with van der Waals surface area (Å²) >= 11 is 6.84. The average Bonchev–Trinajstić information content (AvgIpc) is 3.25. The van der Waals surface area contributed by atoms with E-state index in [1.54, 1.807) is 6.08 Å². The molecule has 4 aromatic carbocycles. The summed E-state index contributed by atoms with van der Waals surface area (Å²) in [5.74, 6) is 0.684. The van der Waals surface area contributed by atoms with Gasteiger partial charge < -0.3 is 9.47 Å². The Kier molecular flexibility index (Phi) is 8.06. The smallest absolute Gasteiger partial charge is 0.363 e.